The molecule has 0 radical (unpaired) electrons. The van der Waals surface area contributed by atoms with Crippen LogP contribution < -0.4 is 4.90 Å². The topological polar surface area (TPSA) is 63.9 Å². The van der Waals surface area contributed by atoms with Gasteiger partial charge in [0.1, 0.15) is 5.52 Å². The normalized spacial score (nSPS) is 15.6. The lowest BCUT2D eigenvalue weighted by molar-refractivity contribution is -0.119. The van der Waals surface area contributed by atoms with Crippen molar-refractivity contribution in [3.63, 3.8) is 0 Å². The second-order valence-corrected chi connectivity index (χ2v) is 6.77. The number of piperidine rings is 1. The zero-order chi connectivity index (χ0) is 16.0. The zero-order valence-corrected chi connectivity index (χ0v) is 13.9. The number of hydrogen-bond acceptors (Lipinski definition) is 5. The van der Waals surface area contributed by atoms with Crippen molar-refractivity contribution in [3.8, 4) is 5.13 Å². The van der Waals surface area contributed by atoms with Crippen molar-refractivity contribution >= 4 is 33.5 Å². The first-order valence-electron chi connectivity index (χ1n) is 7.73. The molecule has 0 spiro atoms. The highest BCUT2D eigenvalue weighted by Gasteiger charge is 2.22. The zero-order valence-electron chi connectivity index (χ0n) is 13.1. The summed E-state index contributed by atoms with van der Waals surface area (Å²) in [5, 5.41) is 0.886. The summed E-state index contributed by atoms with van der Waals surface area (Å²) in [5.41, 5.74) is 3.05. The van der Waals surface area contributed by atoms with E-state index in [1.54, 1.807) is 11.1 Å². The van der Waals surface area contributed by atoms with Gasteiger partial charge in [-0.15, -0.1) is 0 Å². The summed E-state index contributed by atoms with van der Waals surface area (Å²) in [4.78, 5) is 28.1. The Morgan fingerprint density at radius 1 is 1.13 bits per heavy atom. The van der Waals surface area contributed by atoms with E-state index in [4.69, 9.17) is 0 Å². The van der Waals surface area contributed by atoms with Crippen LogP contribution in [0.15, 0.2) is 18.3 Å². The number of fused-ring (bicyclic) bond motifs is 1. The number of hydrogen-bond donors (Lipinski definition) is 0. The molecule has 118 valence electrons. The second kappa shape index (κ2) is 5.42. The minimum Gasteiger partial charge on any atom is -0.295 e. The molecular weight excluding hydrogens is 310 g/mol. The van der Waals surface area contributed by atoms with Gasteiger partial charge in [-0.2, -0.15) is 4.98 Å². The number of amides is 1. The van der Waals surface area contributed by atoms with Crippen LogP contribution in [0, 0.1) is 13.8 Å². The van der Waals surface area contributed by atoms with Gasteiger partial charge >= 0.3 is 0 Å². The Kier molecular flexibility index (Phi) is 3.37. The van der Waals surface area contributed by atoms with Gasteiger partial charge in [-0.3, -0.25) is 14.3 Å². The molecule has 4 heterocycles. The molecule has 6 nitrogen and oxygen atoms in total. The first kappa shape index (κ1) is 14.3. The molecule has 0 aromatic carbocycles. The third kappa shape index (κ3) is 2.41. The fourth-order valence-corrected chi connectivity index (χ4v) is 3.95. The summed E-state index contributed by atoms with van der Waals surface area (Å²) in [6, 6.07) is 4.15. The van der Waals surface area contributed by atoms with Crippen molar-refractivity contribution < 1.29 is 4.79 Å². The molecule has 4 rings (SSSR count). The van der Waals surface area contributed by atoms with Crippen molar-refractivity contribution in [1.82, 2.24) is 19.5 Å². The van der Waals surface area contributed by atoms with Crippen LogP contribution in [0.3, 0.4) is 0 Å². The average Bonchev–Trinajstić information content (AvgIpc) is 3.09. The molecule has 23 heavy (non-hydrogen) atoms. The lowest BCUT2D eigenvalue weighted by atomic mass is 10.1. The number of aromatic nitrogens is 4. The molecular formula is C16H17N5OS. The molecule has 1 fully saturated rings. The Hall–Kier alpha value is -2.28. The van der Waals surface area contributed by atoms with Crippen molar-refractivity contribution in [2.24, 2.45) is 0 Å². The third-order valence-electron chi connectivity index (χ3n) is 4.15. The molecule has 3 aromatic heterocycles. The van der Waals surface area contributed by atoms with Gasteiger partial charge in [0, 0.05) is 24.4 Å². The van der Waals surface area contributed by atoms with Crippen molar-refractivity contribution in [1.29, 1.82) is 0 Å². The molecule has 0 saturated carbocycles. The smallest absolute Gasteiger partial charge is 0.233 e. The van der Waals surface area contributed by atoms with Crippen LogP contribution in [-0.4, -0.2) is 32.0 Å². The van der Waals surface area contributed by atoms with Crippen LogP contribution in [0.5, 0.6) is 0 Å². The number of carbonyl (C=O) groups excluding carboxylic acids is 1. The van der Waals surface area contributed by atoms with Crippen LogP contribution in [0.2, 0.25) is 0 Å². The summed E-state index contributed by atoms with van der Waals surface area (Å²) in [5.74, 6) is 0.607. The molecule has 7 heteroatoms. The van der Waals surface area contributed by atoms with E-state index < -0.39 is 0 Å². The largest absolute Gasteiger partial charge is 0.295 e. The van der Waals surface area contributed by atoms with Crippen molar-refractivity contribution in [2.45, 2.75) is 33.1 Å². The van der Waals surface area contributed by atoms with E-state index in [1.807, 2.05) is 0 Å². The number of aryl methyl sites for hydroxylation is 2. The second-order valence-electron chi connectivity index (χ2n) is 5.81. The minimum atomic E-state index is 0.109. The number of carbonyl (C=O) groups is 1. The molecule has 0 aliphatic carbocycles. The van der Waals surface area contributed by atoms with Gasteiger partial charge in [-0.25, -0.2) is 9.97 Å². The third-order valence-corrected chi connectivity index (χ3v) is 5.10. The van der Waals surface area contributed by atoms with E-state index in [0.29, 0.717) is 18.9 Å². The van der Waals surface area contributed by atoms with Crippen LogP contribution in [0.1, 0.15) is 30.7 Å². The van der Waals surface area contributed by atoms with E-state index in [1.165, 1.54) is 11.3 Å². The molecule has 1 aliphatic heterocycles. The van der Waals surface area contributed by atoms with E-state index in [0.717, 1.165) is 39.7 Å². The Morgan fingerprint density at radius 3 is 2.65 bits per heavy atom. The molecule has 3 aromatic rings. The summed E-state index contributed by atoms with van der Waals surface area (Å²) in [6.07, 6.45) is 4.25. The molecule has 1 saturated heterocycles. The minimum absolute atomic E-state index is 0.109. The quantitative estimate of drug-likeness (QED) is 0.726. The fraction of sp³-hybridized carbons (Fsp3) is 0.375. The lowest BCUT2D eigenvalue weighted by Gasteiger charge is -2.24. The highest BCUT2D eigenvalue weighted by molar-refractivity contribution is 7.20. The van der Waals surface area contributed by atoms with Gasteiger partial charge in [-0.1, -0.05) is 11.3 Å². The standard InChI is InChI=1S/C16H17N5OS/c1-10-6-7-11(2)21(10)16-18-12-9-17-15(19-14(12)23-16)20-8-4-3-5-13(20)22/h6-7,9H,3-5,8H2,1-2H3. The monoisotopic (exact) mass is 327 g/mol. The summed E-state index contributed by atoms with van der Waals surface area (Å²) in [6.45, 7) is 4.82. The molecule has 0 bridgehead atoms. The Labute approximate surface area is 137 Å². The number of anilines is 1. The molecule has 0 unspecified atom stereocenters. The predicted octanol–water partition coefficient (Wildman–Crippen LogP) is 3.01. The van der Waals surface area contributed by atoms with E-state index in [9.17, 15) is 4.79 Å². The van der Waals surface area contributed by atoms with Crippen molar-refractivity contribution in [2.75, 3.05) is 11.4 Å². The van der Waals surface area contributed by atoms with Gasteiger partial charge in [0.05, 0.1) is 6.20 Å². The van der Waals surface area contributed by atoms with Crippen LogP contribution in [0.4, 0.5) is 5.95 Å². The maximum Gasteiger partial charge on any atom is 0.233 e. The van der Waals surface area contributed by atoms with Crippen molar-refractivity contribution in [3.05, 3.63) is 29.7 Å². The Bertz CT molecular complexity index is 878. The first-order valence-corrected chi connectivity index (χ1v) is 8.54. The number of nitrogens with zero attached hydrogens (tertiary/aromatic N) is 5. The summed E-state index contributed by atoms with van der Waals surface area (Å²) >= 11 is 1.53. The van der Waals surface area contributed by atoms with Gasteiger partial charge in [0.15, 0.2) is 9.96 Å². The highest BCUT2D eigenvalue weighted by atomic mass is 32.1. The molecule has 1 amide bonds. The summed E-state index contributed by atoms with van der Waals surface area (Å²) in [7, 11) is 0. The molecule has 1 aliphatic rings. The lowest BCUT2D eigenvalue weighted by Crippen LogP contribution is -2.36. The number of thiazole rings is 1. The Morgan fingerprint density at radius 2 is 1.91 bits per heavy atom. The van der Waals surface area contributed by atoms with Gasteiger partial charge in [-0.05, 0) is 38.8 Å². The predicted molar refractivity (Wildman–Crippen MR) is 90.2 cm³/mol. The van der Waals surface area contributed by atoms with E-state index in [-0.39, 0.29) is 5.91 Å². The van der Waals surface area contributed by atoms with E-state index >= 15 is 0 Å². The SMILES string of the molecule is Cc1ccc(C)n1-c1nc2cnc(N3CCCCC3=O)nc2s1. The maximum atomic E-state index is 12.0. The van der Waals surface area contributed by atoms with Crippen LogP contribution in [-0.2, 0) is 4.79 Å². The average molecular weight is 327 g/mol. The van der Waals surface area contributed by atoms with Gasteiger partial charge in [0.2, 0.25) is 11.9 Å². The molecule has 0 N–H and O–H groups in total. The molecule has 0 atom stereocenters. The van der Waals surface area contributed by atoms with Crippen LogP contribution >= 0.6 is 11.3 Å². The van der Waals surface area contributed by atoms with Gasteiger partial charge in [0.25, 0.3) is 0 Å². The maximum absolute atomic E-state index is 12.0. The van der Waals surface area contributed by atoms with Crippen LogP contribution in [0.25, 0.3) is 15.5 Å². The Balaban J connectivity index is 1.77. The van der Waals surface area contributed by atoms with Gasteiger partial charge < -0.3 is 0 Å². The fourth-order valence-electron chi connectivity index (χ4n) is 2.93. The highest BCUT2D eigenvalue weighted by Crippen LogP contribution is 2.27. The van der Waals surface area contributed by atoms with E-state index in [2.05, 4.69) is 45.5 Å². The number of rotatable bonds is 2. The summed E-state index contributed by atoms with van der Waals surface area (Å²) < 4.78 is 2.11. The first-order chi connectivity index (χ1) is 11.1.